The molecule has 5 nitrogen and oxygen atoms in total. The zero-order valence-corrected chi connectivity index (χ0v) is 19.9. The number of aliphatic imine (C=N–C) groups is 1. The number of benzene rings is 1. The summed E-state index contributed by atoms with van der Waals surface area (Å²) in [5.41, 5.74) is 4.18. The van der Waals surface area contributed by atoms with Gasteiger partial charge < -0.3 is 20.1 Å². The number of nitrogens with one attached hydrogen (secondary N) is 2. The fourth-order valence-electron chi connectivity index (χ4n) is 4.02. The Bertz CT molecular complexity index is 645. The van der Waals surface area contributed by atoms with Gasteiger partial charge in [0.2, 0.25) is 0 Å². The zero-order chi connectivity index (χ0) is 19.1. The first-order valence-electron chi connectivity index (χ1n) is 10.5. The maximum atomic E-state index is 5.82. The van der Waals surface area contributed by atoms with Crippen LogP contribution >= 0.6 is 24.0 Å². The topological polar surface area (TPSA) is 54.9 Å². The Hall–Kier alpha value is -0.860. The van der Waals surface area contributed by atoms with Crippen molar-refractivity contribution >= 4 is 29.9 Å². The van der Waals surface area contributed by atoms with Crippen LogP contribution in [0.1, 0.15) is 62.3 Å². The van der Waals surface area contributed by atoms with Gasteiger partial charge in [-0.25, -0.2) is 0 Å². The van der Waals surface area contributed by atoms with Crippen molar-refractivity contribution in [2.24, 2.45) is 4.99 Å². The molecule has 0 spiro atoms. The van der Waals surface area contributed by atoms with E-state index in [0.29, 0.717) is 6.54 Å². The lowest BCUT2D eigenvalue weighted by atomic mass is 9.89. The van der Waals surface area contributed by atoms with Gasteiger partial charge in [-0.05, 0) is 56.2 Å². The first-order chi connectivity index (χ1) is 13.2. The second kappa shape index (κ2) is 11.4. The predicted octanol–water partition coefficient (Wildman–Crippen LogP) is 4.00. The Morgan fingerprint density at radius 1 is 1.21 bits per heavy atom. The molecule has 1 aliphatic carbocycles. The first-order valence-corrected chi connectivity index (χ1v) is 10.5. The van der Waals surface area contributed by atoms with Crippen LogP contribution in [-0.2, 0) is 22.3 Å². The second-order valence-electron chi connectivity index (χ2n) is 7.80. The number of nitrogens with zero attached hydrogens (tertiary/aromatic N) is 1. The lowest BCUT2D eigenvalue weighted by molar-refractivity contribution is -0.0828. The quantitative estimate of drug-likeness (QED) is 0.352. The van der Waals surface area contributed by atoms with Crippen molar-refractivity contribution < 1.29 is 9.47 Å². The molecular formula is C22H36IN3O2. The minimum absolute atomic E-state index is 0. The molecule has 0 amide bonds. The molecule has 158 valence electrons. The van der Waals surface area contributed by atoms with Crippen molar-refractivity contribution in [1.82, 2.24) is 10.6 Å². The average molecular weight is 501 g/mol. The summed E-state index contributed by atoms with van der Waals surface area (Å²) in [6.45, 7) is 7.29. The summed E-state index contributed by atoms with van der Waals surface area (Å²) in [4.78, 5) is 4.85. The van der Waals surface area contributed by atoms with Crippen molar-refractivity contribution in [1.29, 1.82) is 0 Å². The normalized spacial score (nSPS) is 19.9. The van der Waals surface area contributed by atoms with Gasteiger partial charge in [-0.3, -0.25) is 4.99 Å². The Labute approximate surface area is 187 Å². The van der Waals surface area contributed by atoms with E-state index < -0.39 is 0 Å². The van der Waals surface area contributed by atoms with Crippen LogP contribution in [0, 0.1) is 0 Å². The fourth-order valence-corrected chi connectivity index (χ4v) is 4.02. The third-order valence-corrected chi connectivity index (χ3v) is 5.93. The average Bonchev–Trinajstić information content (AvgIpc) is 2.72. The van der Waals surface area contributed by atoms with Crippen molar-refractivity contribution in [2.45, 2.75) is 64.0 Å². The molecule has 0 radical (unpaired) electrons. The highest BCUT2D eigenvalue weighted by Gasteiger charge is 2.32. The molecule has 6 heteroatoms. The zero-order valence-electron chi connectivity index (χ0n) is 17.6. The summed E-state index contributed by atoms with van der Waals surface area (Å²) in [5.74, 6) is 0.852. The van der Waals surface area contributed by atoms with E-state index in [-0.39, 0.29) is 35.6 Å². The van der Waals surface area contributed by atoms with E-state index >= 15 is 0 Å². The molecule has 3 rings (SSSR count). The van der Waals surface area contributed by atoms with Crippen LogP contribution in [0.4, 0.5) is 0 Å². The van der Waals surface area contributed by atoms with Crippen molar-refractivity contribution in [3.8, 4) is 0 Å². The number of aryl methyl sites for hydroxylation is 2. The minimum atomic E-state index is -0.199. The Morgan fingerprint density at radius 3 is 2.61 bits per heavy atom. The molecule has 0 aromatic heterocycles. The molecule has 1 saturated heterocycles. The summed E-state index contributed by atoms with van der Waals surface area (Å²) < 4.78 is 11.3. The van der Waals surface area contributed by atoms with E-state index in [0.717, 1.165) is 38.6 Å². The minimum Gasteiger partial charge on any atom is -0.381 e. The van der Waals surface area contributed by atoms with Crippen LogP contribution in [0.5, 0.6) is 0 Å². The summed E-state index contributed by atoms with van der Waals surface area (Å²) in [7, 11) is 1.79. The van der Waals surface area contributed by atoms with Crippen LogP contribution < -0.4 is 10.6 Å². The number of guanidine groups is 1. The highest BCUT2D eigenvalue weighted by molar-refractivity contribution is 14.0. The van der Waals surface area contributed by atoms with Gasteiger partial charge in [-0.15, -0.1) is 24.0 Å². The van der Waals surface area contributed by atoms with Crippen molar-refractivity contribution in [3.05, 3.63) is 34.9 Å². The monoisotopic (exact) mass is 501 g/mol. The molecule has 0 saturated carbocycles. The van der Waals surface area contributed by atoms with Crippen LogP contribution in [0.3, 0.4) is 0 Å². The maximum Gasteiger partial charge on any atom is 0.191 e. The lowest BCUT2D eigenvalue weighted by Crippen LogP contribution is -2.44. The lowest BCUT2D eigenvalue weighted by Gasteiger charge is -2.34. The molecule has 0 bridgehead atoms. The predicted molar refractivity (Wildman–Crippen MR) is 126 cm³/mol. The molecule has 1 aromatic carbocycles. The highest BCUT2D eigenvalue weighted by atomic mass is 127. The number of fused-ring (bicyclic) bond motifs is 1. The number of hydrogen-bond acceptors (Lipinski definition) is 3. The van der Waals surface area contributed by atoms with Gasteiger partial charge in [-0.1, -0.05) is 18.2 Å². The van der Waals surface area contributed by atoms with Gasteiger partial charge in [0.1, 0.15) is 0 Å². The number of hydrogen-bond donors (Lipinski definition) is 2. The molecule has 2 aliphatic rings. The second-order valence-corrected chi connectivity index (χ2v) is 7.80. The van der Waals surface area contributed by atoms with Crippen LogP contribution in [0.15, 0.2) is 23.2 Å². The molecule has 1 atom stereocenters. The van der Waals surface area contributed by atoms with Gasteiger partial charge in [0.25, 0.3) is 0 Å². The summed E-state index contributed by atoms with van der Waals surface area (Å²) in [6.07, 6.45) is 6.86. The summed E-state index contributed by atoms with van der Waals surface area (Å²) >= 11 is 0. The largest absolute Gasteiger partial charge is 0.381 e. The van der Waals surface area contributed by atoms with E-state index in [1.807, 2.05) is 0 Å². The van der Waals surface area contributed by atoms with Crippen LogP contribution in [0.2, 0.25) is 0 Å². The summed E-state index contributed by atoms with van der Waals surface area (Å²) in [6, 6.07) is 7.17. The van der Waals surface area contributed by atoms with E-state index in [9.17, 15) is 0 Å². The van der Waals surface area contributed by atoms with Crippen LogP contribution in [0.25, 0.3) is 0 Å². The number of ether oxygens (including phenoxy) is 2. The molecule has 28 heavy (non-hydrogen) atoms. The molecule has 1 unspecified atom stereocenters. The van der Waals surface area contributed by atoms with Gasteiger partial charge in [-0.2, -0.15) is 0 Å². The number of methoxy groups -OCH3 is 1. The molecule has 2 N–H and O–H groups in total. The Balaban J connectivity index is 0.00000280. The molecule has 1 heterocycles. The van der Waals surface area contributed by atoms with E-state index in [2.05, 4.69) is 42.7 Å². The highest BCUT2D eigenvalue weighted by Crippen LogP contribution is 2.26. The summed E-state index contributed by atoms with van der Waals surface area (Å²) in [5, 5.41) is 6.95. The Morgan fingerprint density at radius 2 is 1.93 bits per heavy atom. The molecule has 1 aliphatic heterocycles. The SMILES string of the molecule is CCNC(=NCC1(OC)CCOCC1)NC(C)c1ccc2c(c1)CCCC2.I. The first kappa shape index (κ1) is 23.4. The van der Waals surface area contributed by atoms with E-state index in [1.165, 1.54) is 42.4 Å². The van der Waals surface area contributed by atoms with Crippen molar-refractivity contribution in [2.75, 3.05) is 33.4 Å². The third-order valence-electron chi connectivity index (χ3n) is 5.93. The molecular weight excluding hydrogens is 465 g/mol. The Kier molecular flexibility index (Phi) is 9.50. The third kappa shape index (κ3) is 6.07. The standard InChI is InChI=1S/C22H35N3O2.HI/c1-4-23-21(24-16-22(26-3)11-13-27-14-12-22)25-17(2)19-10-9-18-7-5-6-8-20(18)15-19;/h9-10,15,17H,4-8,11-14,16H2,1-3H3,(H2,23,24,25);1H. The fraction of sp³-hybridized carbons (Fsp3) is 0.682. The van der Waals surface area contributed by atoms with E-state index in [4.69, 9.17) is 14.5 Å². The van der Waals surface area contributed by atoms with E-state index in [1.54, 1.807) is 7.11 Å². The van der Waals surface area contributed by atoms with Crippen LogP contribution in [-0.4, -0.2) is 45.0 Å². The van der Waals surface area contributed by atoms with Gasteiger partial charge in [0.05, 0.1) is 18.2 Å². The smallest absolute Gasteiger partial charge is 0.191 e. The van der Waals surface area contributed by atoms with Gasteiger partial charge in [0.15, 0.2) is 5.96 Å². The maximum absolute atomic E-state index is 5.82. The molecule has 1 fully saturated rings. The van der Waals surface area contributed by atoms with Crippen molar-refractivity contribution in [3.63, 3.8) is 0 Å². The van der Waals surface area contributed by atoms with Gasteiger partial charge in [0, 0.05) is 39.7 Å². The molecule has 1 aromatic rings. The number of halogens is 1. The van der Waals surface area contributed by atoms with Gasteiger partial charge >= 0.3 is 0 Å². The number of rotatable bonds is 6.